The van der Waals surface area contributed by atoms with Crippen molar-refractivity contribution in [2.45, 2.75) is 19.6 Å². The fourth-order valence-corrected chi connectivity index (χ4v) is 1.69. The number of hydrogen-bond acceptors (Lipinski definition) is 6. The summed E-state index contributed by atoms with van der Waals surface area (Å²) >= 11 is 0. The van der Waals surface area contributed by atoms with Crippen LogP contribution in [0.2, 0.25) is 0 Å². The maximum atomic E-state index is 12.0. The van der Waals surface area contributed by atoms with Crippen LogP contribution in [0.1, 0.15) is 12.5 Å². The van der Waals surface area contributed by atoms with Crippen LogP contribution in [0.4, 0.5) is 4.79 Å². The highest BCUT2D eigenvalue weighted by molar-refractivity contribution is 5.78. The van der Waals surface area contributed by atoms with E-state index in [-0.39, 0.29) is 26.3 Å². The third kappa shape index (κ3) is 6.55. The third-order valence-electron chi connectivity index (χ3n) is 2.73. The molecule has 1 unspecified atom stereocenters. The summed E-state index contributed by atoms with van der Waals surface area (Å²) in [7, 11) is 0. The second-order valence-corrected chi connectivity index (χ2v) is 4.56. The normalized spacial score (nSPS) is 11.6. The van der Waals surface area contributed by atoms with Crippen LogP contribution >= 0.6 is 0 Å². The van der Waals surface area contributed by atoms with Crippen molar-refractivity contribution in [3.05, 3.63) is 35.9 Å². The first-order valence-electron chi connectivity index (χ1n) is 6.97. The van der Waals surface area contributed by atoms with Gasteiger partial charge in [0.1, 0.15) is 13.2 Å². The lowest BCUT2D eigenvalue weighted by Gasteiger charge is -2.23. The highest BCUT2D eigenvalue weighted by Gasteiger charge is 2.22. The van der Waals surface area contributed by atoms with Crippen LogP contribution in [0.5, 0.6) is 0 Å². The van der Waals surface area contributed by atoms with Crippen LogP contribution < -0.4 is 0 Å². The maximum Gasteiger partial charge on any atom is 0.410 e. The molecule has 1 atom stereocenters. The molecule has 0 aliphatic carbocycles. The Morgan fingerprint density at radius 1 is 1.23 bits per heavy atom. The van der Waals surface area contributed by atoms with Gasteiger partial charge < -0.3 is 19.7 Å². The van der Waals surface area contributed by atoms with Crippen molar-refractivity contribution in [3.63, 3.8) is 0 Å². The number of carbonyl (C=O) groups excluding carboxylic acids is 2. The van der Waals surface area contributed by atoms with Gasteiger partial charge in [-0.05, 0) is 12.5 Å². The number of benzene rings is 1. The molecule has 1 aromatic carbocycles. The van der Waals surface area contributed by atoms with E-state index in [1.807, 2.05) is 18.2 Å². The fourth-order valence-electron chi connectivity index (χ4n) is 1.69. The van der Waals surface area contributed by atoms with E-state index in [4.69, 9.17) is 14.6 Å². The minimum atomic E-state index is -1.15. The predicted molar refractivity (Wildman–Crippen MR) is 77.9 cm³/mol. The molecule has 0 saturated heterocycles. The fraction of sp³-hybridized carbons (Fsp3) is 0.467. The van der Waals surface area contributed by atoms with Gasteiger partial charge in [0.25, 0.3) is 0 Å². The number of esters is 1. The molecule has 7 nitrogen and oxygen atoms in total. The molecule has 1 amide bonds. The number of ether oxygens (including phenoxy) is 2. The third-order valence-corrected chi connectivity index (χ3v) is 2.73. The molecule has 0 fully saturated rings. The number of rotatable bonds is 8. The van der Waals surface area contributed by atoms with E-state index in [2.05, 4.69) is 0 Å². The van der Waals surface area contributed by atoms with Gasteiger partial charge in [0.05, 0.1) is 25.9 Å². The molecule has 0 saturated carbocycles. The van der Waals surface area contributed by atoms with E-state index >= 15 is 0 Å². The van der Waals surface area contributed by atoms with Gasteiger partial charge in [0, 0.05) is 0 Å². The minimum Gasteiger partial charge on any atom is -0.465 e. The zero-order valence-electron chi connectivity index (χ0n) is 12.5. The van der Waals surface area contributed by atoms with Gasteiger partial charge in [-0.25, -0.2) is 4.79 Å². The van der Waals surface area contributed by atoms with Gasteiger partial charge in [0.15, 0.2) is 0 Å². The largest absolute Gasteiger partial charge is 0.465 e. The summed E-state index contributed by atoms with van der Waals surface area (Å²) in [6.07, 6.45) is -1.91. The van der Waals surface area contributed by atoms with Crippen molar-refractivity contribution in [2.75, 3.05) is 26.3 Å². The van der Waals surface area contributed by atoms with Crippen molar-refractivity contribution in [1.82, 2.24) is 4.90 Å². The maximum absolute atomic E-state index is 12.0. The van der Waals surface area contributed by atoms with E-state index < -0.39 is 24.8 Å². The summed E-state index contributed by atoms with van der Waals surface area (Å²) in [5, 5.41) is 18.3. The van der Waals surface area contributed by atoms with E-state index in [1.54, 1.807) is 19.1 Å². The second kappa shape index (κ2) is 9.75. The molecule has 0 bridgehead atoms. The Hall–Kier alpha value is -2.12. The molecule has 0 radical (unpaired) electrons. The highest BCUT2D eigenvalue weighted by Crippen LogP contribution is 2.04. The number of aliphatic hydroxyl groups excluding tert-OH is 2. The number of nitrogens with zero attached hydrogens (tertiary/aromatic N) is 1. The van der Waals surface area contributed by atoms with Crippen LogP contribution in [-0.2, 0) is 20.9 Å². The quantitative estimate of drug-likeness (QED) is 0.680. The van der Waals surface area contributed by atoms with Gasteiger partial charge >= 0.3 is 12.1 Å². The summed E-state index contributed by atoms with van der Waals surface area (Å²) in [6.45, 7) is 0.799. The number of carbonyl (C=O) groups is 2. The first-order chi connectivity index (χ1) is 10.6. The first kappa shape index (κ1) is 17.9. The van der Waals surface area contributed by atoms with Gasteiger partial charge in [-0.2, -0.15) is 0 Å². The molecule has 0 aliphatic heterocycles. The van der Waals surface area contributed by atoms with Crippen LogP contribution in [0.25, 0.3) is 0 Å². The number of aliphatic hydroxyl groups is 2. The molecule has 1 aromatic rings. The minimum absolute atomic E-state index is 0.0498. The highest BCUT2D eigenvalue weighted by atomic mass is 16.6. The molecule has 22 heavy (non-hydrogen) atoms. The Balaban J connectivity index is 2.59. The van der Waals surface area contributed by atoms with E-state index in [0.717, 1.165) is 10.5 Å². The lowest BCUT2D eigenvalue weighted by atomic mass is 10.2. The summed E-state index contributed by atoms with van der Waals surface area (Å²) in [5.74, 6) is -0.607. The lowest BCUT2D eigenvalue weighted by Crippen LogP contribution is -2.42. The Kier molecular flexibility index (Phi) is 7.95. The predicted octanol–water partition coefficient (Wildman–Crippen LogP) is 0.541. The molecule has 2 N–H and O–H groups in total. The van der Waals surface area contributed by atoms with Crippen molar-refractivity contribution in [2.24, 2.45) is 0 Å². The van der Waals surface area contributed by atoms with Crippen LogP contribution in [0, 0.1) is 0 Å². The van der Waals surface area contributed by atoms with E-state index in [9.17, 15) is 14.7 Å². The lowest BCUT2D eigenvalue weighted by molar-refractivity contribution is -0.144. The van der Waals surface area contributed by atoms with Crippen molar-refractivity contribution < 1.29 is 29.3 Å². The standard InChI is InChI=1S/C15H21NO6/c1-2-21-14(19)9-16(8-13(18)10-17)15(20)22-11-12-6-4-3-5-7-12/h3-7,13,17-18H,2,8-11H2,1H3. The molecule has 1 rings (SSSR count). The molecule has 122 valence electrons. The second-order valence-electron chi connectivity index (χ2n) is 4.56. The summed E-state index contributed by atoms with van der Waals surface area (Å²) in [5.41, 5.74) is 0.801. The summed E-state index contributed by atoms with van der Waals surface area (Å²) in [4.78, 5) is 24.5. The molecule has 0 heterocycles. The molecule has 0 spiro atoms. The first-order valence-corrected chi connectivity index (χ1v) is 6.97. The average molecular weight is 311 g/mol. The molecular formula is C15H21NO6. The van der Waals surface area contributed by atoms with Crippen LogP contribution in [0.15, 0.2) is 30.3 Å². The summed E-state index contributed by atoms with van der Waals surface area (Å²) in [6, 6.07) is 9.07. The molecule has 7 heteroatoms. The monoisotopic (exact) mass is 311 g/mol. The van der Waals surface area contributed by atoms with E-state index in [1.165, 1.54) is 0 Å². The zero-order valence-corrected chi connectivity index (χ0v) is 12.5. The Morgan fingerprint density at radius 2 is 1.91 bits per heavy atom. The topological polar surface area (TPSA) is 96.3 Å². The Labute approximate surface area is 129 Å². The van der Waals surface area contributed by atoms with E-state index in [0.29, 0.717) is 0 Å². The van der Waals surface area contributed by atoms with Crippen molar-refractivity contribution >= 4 is 12.1 Å². The van der Waals surface area contributed by atoms with Crippen LogP contribution in [-0.4, -0.2) is 59.6 Å². The Morgan fingerprint density at radius 3 is 2.50 bits per heavy atom. The molecule has 0 aromatic heterocycles. The Bertz CT molecular complexity index is 464. The number of amides is 1. The number of hydrogen-bond donors (Lipinski definition) is 2. The average Bonchev–Trinajstić information content (AvgIpc) is 2.53. The van der Waals surface area contributed by atoms with Crippen LogP contribution in [0.3, 0.4) is 0 Å². The molecular weight excluding hydrogens is 290 g/mol. The van der Waals surface area contributed by atoms with Crippen molar-refractivity contribution in [1.29, 1.82) is 0 Å². The van der Waals surface area contributed by atoms with Gasteiger partial charge in [0.2, 0.25) is 0 Å². The SMILES string of the molecule is CCOC(=O)CN(CC(O)CO)C(=O)OCc1ccccc1. The summed E-state index contributed by atoms with van der Waals surface area (Å²) < 4.78 is 9.87. The van der Waals surface area contributed by atoms with Crippen molar-refractivity contribution in [3.8, 4) is 0 Å². The molecule has 0 aliphatic rings. The van der Waals surface area contributed by atoms with Gasteiger partial charge in [-0.15, -0.1) is 0 Å². The smallest absolute Gasteiger partial charge is 0.410 e. The zero-order chi connectivity index (χ0) is 16.4. The van der Waals surface area contributed by atoms with Gasteiger partial charge in [-0.3, -0.25) is 9.69 Å². The van der Waals surface area contributed by atoms with Gasteiger partial charge in [-0.1, -0.05) is 30.3 Å².